The lowest BCUT2D eigenvalue weighted by Crippen LogP contribution is -2.24. The summed E-state index contributed by atoms with van der Waals surface area (Å²) in [7, 11) is 1.94. The van der Waals surface area contributed by atoms with Crippen molar-refractivity contribution in [1.29, 1.82) is 0 Å². The monoisotopic (exact) mass is 301 g/mol. The second-order valence-electron chi connectivity index (χ2n) is 4.67. The molecule has 0 N–H and O–H groups in total. The lowest BCUT2D eigenvalue weighted by atomic mass is 10.1. The Labute approximate surface area is 124 Å². The van der Waals surface area contributed by atoms with E-state index < -0.39 is 0 Å². The van der Waals surface area contributed by atoms with Crippen LogP contribution in [0.4, 0.5) is 4.39 Å². The number of hydrogen-bond donors (Lipinski definition) is 0. The van der Waals surface area contributed by atoms with Gasteiger partial charge >= 0.3 is 5.97 Å². The first kappa shape index (κ1) is 16.9. The zero-order chi connectivity index (χ0) is 15.0. The lowest BCUT2D eigenvalue weighted by molar-refractivity contribution is -0.143. The highest BCUT2D eigenvalue weighted by atomic mass is 35.5. The molecule has 0 saturated heterocycles. The minimum absolute atomic E-state index is 0.152. The number of benzene rings is 1. The van der Waals surface area contributed by atoms with Crippen LogP contribution in [0.3, 0.4) is 0 Å². The molecule has 0 radical (unpaired) electrons. The predicted molar refractivity (Wildman–Crippen MR) is 78.4 cm³/mol. The third-order valence-corrected chi connectivity index (χ3v) is 3.47. The fourth-order valence-electron chi connectivity index (χ4n) is 1.80. The van der Waals surface area contributed by atoms with Crippen LogP contribution in [0.5, 0.6) is 0 Å². The van der Waals surface area contributed by atoms with E-state index in [1.54, 1.807) is 19.1 Å². The number of halogens is 2. The second kappa shape index (κ2) is 8.93. The van der Waals surface area contributed by atoms with E-state index in [0.29, 0.717) is 19.6 Å². The van der Waals surface area contributed by atoms with Gasteiger partial charge in [-0.3, -0.25) is 4.79 Å². The summed E-state index contributed by atoms with van der Waals surface area (Å²) in [6.45, 7) is 3.62. The molecule has 1 unspecified atom stereocenters. The van der Waals surface area contributed by atoms with Crippen molar-refractivity contribution in [2.75, 3.05) is 26.7 Å². The average molecular weight is 302 g/mol. The van der Waals surface area contributed by atoms with E-state index >= 15 is 0 Å². The Hall–Kier alpha value is -1.13. The molecule has 1 aromatic carbocycles. The quantitative estimate of drug-likeness (QED) is 0.544. The van der Waals surface area contributed by atoms with E-state index in [4.69, 9.17) is 16.3 Å². The van der Waals surface area contributed by atoms with Gasteiger partial charge in [0.15, 0.2) is 0 Å². The van der Waals surface area contributed by atoms with Gasteiger partial charge in [-0.15, -0.1) is 11.6 Å². The number of esters is 1. The van der Waals surface area contributed by atoms with E-state index in [2.05, 4.69) is 0 Å². The topological polar surface area (TPSA) is 29.5 Å². The van der Waals surface area contributed by atoms with Crippen molar-refractivity contribution in [3.05, 3.63) is 35.6 Å². The Morgan fingerprint density at radius 2 is 2.00 bits per heavy atom. The van der Waals surface area contributed by atoms with Gasteiger partial charge in [0.05, 0.1) is 18.4 Å². The number of rotatable bonds is 8. The van der Waals surface area contributed by atoms with Crippen molar-refractivity contribution in [1.82, 2.24) is 4.90 Å². The number of carbonyl (C=O) groups is 1. The fourth-order valence-corrected chi connectivity index (χ4v) is 2.04. The summed E-state index contributed by atoms with van der Waals surface area (Å²) in [4.78, 5) is 13.3. The highest BCUT2D eigenvalue weighted by Crippen LogP contribution is 2.24. The number of nitrogens with zero attached hydrogens (tertiary/aromatic N) is 1. The molecule has 20 heavy (non-hydrogen) atoms. The van der Waals surface area contributed by atoms with Crippen LogP contribution < -0.4 is 0 Å². The lowest BCUT2D eigenvalue weighted by Gasteiger charge is -2.18. The number of carbonyl (C=O) groups excluding carboxylic acids is 1. The summed E-state index contributed by atoms with van der Waals surface area (Å²) in [5, 5.41) is -0.152. The van der Waals surface area contributed by atoms with Crippen molar-refractivity contribution in [2.24, 2.45) is 0 Å². The fraction of sp³-hybridized carbons (Fsp3) is 0.533. The van der Waals surface area contributed by atoms with Gasteiger partial charge in [0, 0.05) is 6.54 Å². The molecule has 0 aliphatic rings. The van der Waals surface area contributed by atoms with Gasteiger partial charge in [-0.2, -0.15) is 0 Å². The van der Waals surface area contributed by atoms with Gasteiger partial charge in [0.2, 0.25) is 0 Å². The summed E-state index contributed by atoms with van der Waals surface area (Å²) < 4.78 is 17.7. The van der Waals surface area contributed by atoms with Crippen molar-refractivity contribution < 1.29 is 13.9 Å². The molecular weight excluding hydrogens is 281 g/mol. The maximum absolute atomic E-state index is 12.8. The molecule has 0 bridgehead atoms. The maximum atomic E-state index is 12.8. The molecule has 0 heterocycles. The summed E-state index contributed by atoms with van der Waals surface area (Å²) >= 11 is 6.27. The van der Waals surface area contributed by atoms with E-state index in [0.717, 1.165) is 18.5 Å². The Morgan fingerprint density at radius 3 is 2.60 bits per heavy atom. The van der Waals surface area contributed by atoms with Crippen LogP contribution in [-0.2, 0) is 9.53 Å². The first-order valence-corrected chi connectivity index (χ1v) is 7.20. The molecule has 0 saturated carbocycles. The van der Waals surface area contributed by atoms with Crippen molar-refractivity contribution in [3.63, 3.8) is 0 Å². The van der Waals surface area contributed by atoms with Crippen molar-refractivity contribution >= 4 is 17.6 Å². The molecule has 1 aromatic rings. The van der Waals surface area contributed by atoms with Crippen LogP contribution in [0.15, 0.2) is 24.3 Å². The Balaban J connectivity index is 2.28. The molecular formula is C15H21ClFNO2. The summed E-state index contributed by atoms with van der Waals surface area (Å²) in [5.41, 5.74) is 0.909. The van der Waals surface area contributed by atoms with Crippen LogP contribution in [0.25, 0.3) is 0 Å². The highest BCUT2D eigenvalue weighted by Gasteiger charge is 2.10. The summed E-state index contributed by atoms with van der Waals surface area (Å²) in [6.07, 6.45) is 1.13. The predicted octanol–water partition coefficient (Wildman–Crippen LogP) is 3.38. The smallest absolute Gasteiger partial charge is 0.307 e. The maximum Gasteiger partial charge on any atom is 0.307 e. The van der Waals surface area contributed by atoms with E-state index in [1.165, 1.54) is 12.1 Å². The number of hydrogen-bond acceptors (Lipinski definition) is 3. The Kier molecular flexibility index (Phi) is 7.55. The summed E-state index contributed by atoms with van der Waals surface area (Å²) in [5.74, 6) is -0.440. The van der Waals surface area contributed by atoms with E-state index in [-0.39, 0.29) is 17.2 Å². The highest BCUT2D eigenvalue weighted by molar-refractivity contribution is 6.20. The van der Waals surface area contributed by atoms with Crippen LogP contribution in [0, 0.1) is 5.82 Å². The molecule has 5 heteroatoms. The third kappa shape index (κ3) is 6.35. The molecule has 0 amide bonds. The first-order chi connectivity index (χ1) is 9.52. The average Bonchev–Trinajstić information content (AvgIpc) is 2.43. The molecule has 1 rings (SSSR count). The SMILES string of the molecule is CCOC(=O)CCN(C)CCC(Cl)c1ccc(F)cc1. The van der Waals surface area contributed by atoms with Crippen LogP contribution in [0.1, 0.15) is 30.7 Å². The van der Waals surface area contributed by atoms with Crippen molar-refractivity contribution in [2.45, 2.75) is 25.1 Å². The van der Waals surface area contributed by atoms with Gasteiger partial charge in [0.1, 0.15) is 5.82 Å². The number of alkyl halides is 1. The largest absolute Gasteiger partial charge is 0.466 e. The van der Waals surface area contributed by atoms with Crippen molar-refractivity contribution in [3.8, 4) is 0 Å². The van der Waals surface area contributed by atoms with Crippen LogP contribution in [0.2, 0.25) is 0 Å². The Bertz CT molecular complexity index is 411. The van der Waals surface area contributed by atoms with Crippen LogP contribution in [-0.4, -0.2) is 37.6 Å². The first-order valence-electron chi connectivity index (χ1n) is 6.76. The molecule has 0 aromatic heterocycles. The molecule has 112 valence electrons. The third-order valence-electron chi connectivity index (χ3n) is 3.00. The molecule has 1 atom stereocenters. The van der Waals surface area contributed by atoms with Gasteiger partial charge in [-0.05, 0) is 44.6 Å². The zero-order valence-electron chi connectivity index (χ0n) is 11.9. The van der Waals surface area contributed by atoms with E-state index in [9.17, 15) is 9.18 Å². The normalized spacial score (nSPS) is 12.4. The molecule has 0 spiro atoms. The number of ether oxygens (including phenoxy) is 1. The van der Waals surface area contributed by atoms with Gasteiger partial charge in [-0.1, -0.05) is 12.1 Å². The van der Waals surface area contributed by atoms with Crippen LogP contribution >= 0.6 is 11.6 Å². The zero-order valence-corrected chi connectivity index (χ0v) is 12.7. The molecule has 0 aliphatic heterocycles. The minimum Gasteiger partial charge on any atom is -0.466 e. The van der Waals surface area contributed by atoms with Gasteiger partial charge < -0.3 is 9.64 Å². The van der Waals surface area contributed by atoms with Gasteiger partial charge in [-0.25, -0.2) is 4.39 Å². The molecule has 0 fully saturated rings. The minimum atomic E-state index is -0.260. The Morgan fingerprint density at radius 1 is 1.35 bits per heavy atom. The standard InChI is InChI=1S/C15H21ClFNO2/c1-3-20-15(19)9-11-18(2)10-8-14(16)12-4-6-13(17)7-5-12/h4-7,14H,3,8-11H2,1-2H3. The molecule has 3 nitrogen and oxygen atoms in total. The van der Waals surface area contributed by atoms with Gasteiger partial charge in [0.25, 0.3) is 0 Å². The second-order valence-corrected chi connectivity index (χ2v) is 5.19. The van der Waals surface area contributed by atoms with E-state index in [1.807, 2.05) is 11.9 Å². The molecule has 0 aliphatic carbocycles. The summed E-state index contributed by atoms with van der Waals surface area (Å²) in [6, 6.07) is 6.22.